The number of nitrogens with zero attached hydrogens (tertiary/aromatic N) is 2. The molecule has 0 unspecified atom stereocenters. The lowest BCUT2D eigenvalue weighted by Gasteiger charge is -2.26. The van der Waals surface area contributed by atoms with Crippen LogP contribution >= 0.6 is 0 Å². The molecule has 7 rings (SSSR count). The van der Waals surface area contributed by atoms with E-state index in [2.05, 4.69) is 71.4 Å². The molecule has 0 amide bonds. The summed E-state index contributed by atoms with van der Waals surface area (Å²) in [6, 6.07) is 29.2. The Morgan fingerprint density at radius 1 is 0.743 bits per heavy atom. The molecule has 6 aromatic rings. The van der Waals surface area contributed by atoms with E-state index >= 15 is 0 Å². The van der Waals surface area contributed by atoms with Crippen molar-refractivity contribution >= 4 is 55.3 Å². The molecule has 2 N–H and O–H groups in total. The average Bonchev–Trinajstić information content (AvgIpc) is 3.36. The van der Waals surface area contributed by atoms with Crippen LogP contribution in [0.1, 0.15) is 13.8 Å². The minimum Gasteiger partial charge on any atom is -0.457 e. The van der Waals surface area contributed by atoms with E-state index in [9.17, 15) is 0 Å². The number of hydrogen-bond acceptors (Lipinski definition) is 3. The number of hydrogen-bond donors (Lipinski definition) is 2. The number of nitrogens with one attached hydrogen (secondary N) is 2. The summed E-state index contributed by atoms with van der Waals surface area (Å²) in [6.07, 6.45) is 0. The van der Waals surface area contributed by atoms with Crippen molar-refractivity contribution < 1.29 is 4.74 Å². The lowest BCUT2D eigenvalue weighted by atomic mass is 10.1. The van der Waals surface area contributed by atoms with E-state index in [1.807, 2.05) is 41.8 Å². The van der Waals surface area contributed by atoms with Gasteiger partial charge in [-0.1, -0.05) is 36.4 Å². The van der Waals surface area contributed by atoms with Crippen molar-refractivity contribution in [1.29, 1.82) is 5.41 Å². The smallest absolute Gasteiger partial charge is 0.129 e. The predicted octanol–water partition coefficient (Wildman–Crippen LogP) is 7.33. The summed E-state index contributed by atoms with van der Waals surface area (Å²) >= 11 is 0. The Balaban J connectivity index is 1.38. The summed E-state index contributed by atoms with van der Waals surface area (Å²) < 4.78 is 10.7. The molecule has 1 aliphatic rings. The SMILES string of the molecule is CC(=N)n1c2ccccc2c2ccc(Oc3ccc4c5ccccc5n(C5=C(C)CN5)c4c3)cc21. The molecule has 0 radical (unpaired) electrons. The highest BCUT2D eigenvalue weighted by atomic mass is 16.5. The maximum atomic E-state index is 8.36. The summed E-state index contributed by atoms with van der Waals surface area (Å²) in [7, 11) is 0. The highest BCUT2D eigenvalue weighted by Crippen LogP contribution is 2.37. The first kappa shape index (κ1) is 19.9. The lowest BCUT2D eigenvalue weighted by molar-refractivity contribution is 0.484. The number of aromatic nitrogens is 2. The van der Waals surface area contributed by atoms with Crippen molar-refractivity contribution in [3.05, 3.63) is 90.5 Å². The van der Waals surface area contributed by atoms with Crippen LogP contribution < -0.4 is 10.1 Å². The van der Waals surface area contributed by atoms with Gasteiger partial charge < -0.3 is 10.1 Å². The van der Waals surface area contributed by atoms with Crippen molar-refractivity contribution in [3.63, 3.8) is 0 Å². The predicted molar refractivity (Wildman–Crippen MR) is 145 cm³/mol. The number of benzene rings is 4. The molecule has 35 heavy (non-hydrogen) atoms. The molecule has 0 aliphatic carbocycles. The molecule has 0 saturated heterocycles. The minimum atomic E-state index is 0.482. The van der Waals surface area contributed by atoms with Gasteiger partial charge >= 0.3 is 0 Å². The molecule has 0 saturated carbocycles. The van der Waals surface area contributed by atoms with Gasteiger partial charge in [-0.15, -0.1) is 0 Å². The monoisotopic (exact) mass is 456 g/mol. The summed E-state index contributed by atoms with van der Waals surface area (Å²) in [6.45, 7) is 4.91. The fourth-order valence-corrected chi connectivity index (χ4v) is 5.38. The molecule has 0 bridgehead atoms. The van der Waals surface area contributed by atoms with Crippen LogP contribution in [-0.4, -0.2) is 21.5 Å². The zero-order valence-electron chi connectivity index (χ0n) is 19.6. The van der Waals surface area contributed by atoms with Gasteiger partial charge in [-0.05, 0) is 55.8 Å². The van der Waals surface area contributed by atoms with Crippen molar-refractivity contribution in [1.82, 2.24) is 14.5 Å². The van der Waals surface area contributed by atoms with E-state index < -0.39 is 0 Å². The minimum absolute atomic E-state index is 0.482. The maximum absolute atomic E-state index is 8.36. The van der Waals surface area contributed by atoms with E-state index in [1.165, 1.54) is 21.9 Å². The zero-order valence-corrected chi connectivity index (χ0v) is 19.6. The van der Waals surface area contributed by atoms with Gasteiger partial charge in [0.25, 0.3) is 0 Å². The quantitative estimate of drug-likeness (QED) is 0.216. The molecule has 0 atom stereocenters. The molecule has 2 aromatic heterocycles. The van der Waals surface area contributed by atoms with E-state index in [-0.39, 0.29) is 0 Å². The first-order valence-electron chi connectivity index (χ1n) is 11.8. The maximum Gasteiger partial charge on any atom is 0.129 e. The average molecular weight is 457 g/mol. The third-order valence-corrected chi connectivity index (χ3v) is 7.01. The highest BCUT2D eigenvalue weighted by Gasteiger charge is 2.20. The second kappa shape index (κ2) is 7.24. The molecule has 0 fully saturated rings. The third kappa shape index (κ3) is 2.85. The first-order chi connectivity index (χ1) is 17.1. The molecule has 5 heteroatoms. The second-order valence-corrected chi connectivity index (χ2v) is 9.23. The van der Waals surface area contributed by atoms with Crippen LogP contribution in [-0.2, 0) is 0 Å². The summed E-state index contributed by atoms with van der Waals surface area (Å²) in [5.74, 6) is 3.17. The van der Waals surface area contributed by atoms with Crippen molar-refractivity contribution in [2.75, 3.05) is 6.54 Å². The van der Waals surface area contributed by atoms with Gasteiger partial charge in [-0.2, -0.15) is 0 Å². The Morgan fingerprint density at radius 3 is 1.94 bits per heavy atom. The summed E-state index contributed by atoms with van der Waals surface area (Å²) in [5, 5.41) is 16.5. The topological polar surface area (TPSA) is 55.0 Å². The van der Waals surface area contributed by atoms with Crippen LogP contribution in [0.25, 0.3) is 49.4 Å². The highest BCUT2D eigenvalue weighted by molar-refractivity contribution is 6.14. The van der Waals surface area contributed by atoms with Gasteiger partial charge in [-0.3, -0.25) is 14.5 Å². The molecular weight excluding hydrogens is 432 g/mol. The van der Waals surface area contributed by atoms with Crippen LogP contribution in [0, 0.1) is 5.41 Å². The zero-order chi connectivity index (χ0) is 23.7. The van der Waals surface area contributed by atoms with E-state index in [1.54, 1.807) is 0 Å². The third-order valence-electron chi connectivity index (χ3n) is 7.01. The molecule has 4 aromatic carbocycles. The van der Waals surface area contributed by atoms with Gasteiger partial charge in [0.1, 0.15) is 23.2 Å². The largest absolute Gasteiger partial charge is 0.457 e. The van der Waals surface area contributed by atoms with Gasteiger partial charge in [0.05, 0.1) is 22.1 Å². The fraction of sp³-hybridized carbons (Fsp3) is 0.100. The van der Waals surface area contributed by atoms with Gasteiger partial charge in [0.15, 0.2) is 0 Å². The second-order valence-electron chi connectivity index (χ2n) is 9.23. The Bertz CT molecular complexity index is 1870. The van der Waals surface area contributed by atoms with E-state index in [4.69, 9.17) is 10.1 Å². The molecule has 3 heterocycles. The van der Waals surface area contributed by atoms with Crippen molar-refractivity contribution in [2.24, 2.45) is 0 Å². The molecule has 5 nitrogen and oxygen atoms in total. The summed E-state index contributed by atoms with van der Waals surface area (Å²) in [4.78, 5) is 0. The van der Waals surface area contributed by atoms with Gasteiger partial charge in [0.2, 0.25) is 0 Å². The van der Waals surface area contributed by atoms with Crippen LogP contribution in [0.2, 0.25) is 0 Å². The summed E-state index contributed by atoms with van der Waals surface area (Å²) in [5.41, 5.74) is 5.67. The normalized spacial score (nSPS) is 13.5. The lowest BCUT2D eigenvalue weighted by Crippen LogP contribution is -2.30. The van der Waals surface area contributed by atoms with E-state index in [0.29, 0.717) is 5.84 Å². The van der Waals surface area contributed by atoms with Crippen LogP contribution in [0.4, 0.5) is 0 Å². The molecule has 1 aliphatic heterocycles. The Morgan fingerprint density at radius 2 is 1.31 bits per heavy atom. The van der Waals surface area contributed by atoms with Crippen molar-refractivity contribution in [2.45, 2.75) is 13.8 Å². The van der Waals surface area contributed by atoms with Gasteiger partial charge in [-0.25, -0.2) is 0 Å². The first-order valence-corrected chi connectivity index (χ1v) is 11.8. The number of para-hydroxylation sites is 2. The fourth-order valence-electron chi connectivity index (χ4n) is 5.38. The van der Waals surface area contributed by atoms with Gasteiger partial charge in [0, 0.05) is 40.2 Å². The Hall–Kier alpha value is -4.51. The van der Waals surface area contributed by atoms with E-state index in [0.717, 1.165) is 51.2 Å². The number of fused-ring (bicyclic) bond motifs is 6. The number of rotatable bonds is 3. The van der Waals surface area contributed by atoms with Crippen LogP contribution in [0.5, 0.6) is 11.5 Å². The molecular formula is C30H24N4O. The Kier molecular flexibility index (Phi) is 4.12. The number of ether oxygens (including phenoxy) is 1. The van der Waals surface area contributed by atoms with Crippen molar-refractivity contribution in [3.8, 4) is 11.5 Å². The molecule has 170 valence electrons. The van der Waals surface area contributed by atoms with Crippen LogP contribution in [0.3, 0.4) is 0 Å². The standard InChI is InChI=1S/C30H24N4O/c1-18-17-32-30(18)34-27-10-6-4-8-23(27)25-14-12-21(16-29(25)34)35-20-11-13-24-22-7-3-5-9-26(22)33(19(2)31)28(24)15-20/h3-16,31-32H,17H2,1-2H3. The Labute approximate surface area is 202 Å². The molecule has 0 spiro atoms. The van der Waals surface area contributed by atoms with Crippen LogP contribution in [0.15, 0.2) is 90.5 Å².